The summed E-state index contributed by atoms with van der Waals surface area (Å²) in [6.07, 6.45) is 0. The van der Waals surface area contributed by atoms with E-state index >= 15 is 0 Å². The molecule has 0 amide bonds. The van der Waals surface area contributed by atoms with Crippen LogP contribution >= 0.6 is 0 Å². The van der Waals surface area contributed by atoms with Crippen molar-refractivity contribution in [2.75, 3.05) is 0 Å². The van der Waals surface area contributed by atoms with Crippen molar-refractivity contribution < 1.29 is 9.15 Å². The van der Waals surface area contributed by atoms with Gasteiger partial charge in [-0.1, -0.05) is 50.2 Å². The Kier molecular flexibility index (Phi) is 4.42. The lowest BCUT2D eigenvalue weighted by Crippen LogP contribution is -1.99. The Hall–Kier alpha value is -2.62. The zero-order valence-corrected chi connectivity index (χ0v) is 13.6. The minimum atomic E-state index is 0.266. The van der Waals surface area contributed by atoms with Crippen molar-refractivity contribution in [3.63, 3.8) is 0 Å². The molecule has 0 saturated heterocycles. The van der Waals surface area contributed by atoms with Crippen molar-refractivity contribution >= 4 is 0 Å². The average molecular weight is 308 g/mol. The highest BCUT2D eigenvalue weighted by Gasteiger charge is 2.12. The van der Waals surface area contributed by atoms with E-state index in [1.807, 2.05) is 49.4 Å². The number of benzene rings is 2. The first-order valence-electron chi connectivity index (χ1n) is 7.75. The standard InChI is InChI=1S/C19H20N2O2/c1-13(2)15-9-6-7-11-17(15)22-12-18-20-21-19(23-18)16-10-5-4-8-14(16)3/h4-11,13H,12H2,1-3H3. The molecule has 0 saturated carbocycles. The van der Waals surface area contributed by atoms with Crippen LogP contribution < -0.4 is 4.74 Å². The van der Waals surface area contributed by atoms with Crippen LogP contribution in [-0.4, -0.2) is 10.2 Å². The second-order valence-electron chi connectivity index (χ2n) is 5.80. The summed E-state index contributed by atoms with van der Waals surface area (Å²) in [6.45, 7) is 6.58. The quantitative estimate of drug-likeness (QED) is 0.682. The maximum atomic E-state index is 5.87. The number of aryl methyl sites for hydroxylation is 1. The van der Waals surface area contributed by atoms with Gasteiger partial charge in [0.15, 0.2) is 6.61 Å². The molecule has 3 rings (SSSR count). The zero-order valence-electron chi connectivity index (χ0n) is 13.6. The number of para-hydroxylation sites is 1. The number of hydrogen-bond acceptors (Lipinski definition) is 4. The molecule has 0 fully saturated rings. The number of ether oxygens (including phenoxy) is 1. The SMILES string of the molecule is Cc1ccccc1-c1nnc(COc2ccccc2C(C)C)o1. The molecule has 0 aliphatic carbocycles. The van der Waals surface area contributed by atoms with E-state index < -0.39 is 0 Å². The van der Waals surface area contributed by atoms with E-state index in [2.05, 4.69) is 30.1 Å². The fourth-order valence-electron chi connectivity index (χ4n) is 2.46. The van der Waals surface area contributed by atoms with Crippen LogP contribution in [0.3, 0.4) is 0 Å². The Morgan fingerprint density at radius 3 is 2.52 bits per heavy atom. The van der Waals surface area contributed by atoms with E-state index in [0.29, 0.717) is 17.7 Å². The first kappa shape index (κ1) is 15.3. The van der Waals surface area contributed by atoms with Gasteiger partial charge in [0, 0.05) is 5.56 Å². The molecule has 2 aromatic carbocycles. The highest BCUT2D eigenvalue weighted by Crippen LogP contribution is 2.27. The molecule has 0 atom stereocenters. The zero-order chi connectivity index (χ0) is 16.2. The molecule has 0 aliphatic rings. The second-order valence-corrected chi connectivity index (χ2v) is 5.80. The molecule has 0 aliphatic heterocycles. The molecule has 1 aromatic heterocycles. The third kappa shape index (κ3) is 3.42. The van der Waals surface area contributed by atoms with Crippen LogP contribution in [0.25, 0.3) is 11.5 Å². The molecule has 4 heteroatoms. The molecule has 1 heterocycles. The molecular weight excluding hydrogens is 288 g/mol. The Morgan fingerprint density at radius 2 is 1.74 bits per heavy atom. The molecule has 0 spiro atoms. The Bertz CT molecular complexity index is 793. The van der Waals surface area contributed by atoms with Gasteiger partial charge in [-0.2, -0.15) is 0 Å². The Morgan fingerprint density at radius 1 is 1.00 bits per heavy atom. The summed E-state index contributed by atoms with van der Waals surface area (Å²) >= 11 is 0. The third-order valence-corrected chi connectivity index (χ3v) is 3.73. The van der Waals surface area contributed by atoms with Gasteiger partial charge >= 0.3 is 0 Å². The number of aromatic nitrogens is 2. The second kappa shape index (κ2) is 6.65. The van der Waals surface area contributed by atoms with E-state index in [-0.39, 0.29) is 6.61 Å². The maximum absolute atomic E-state index is 5.87. The van der Waals surface area contributed by atoms with Gasteiger partial charge in [-0.05, 0) is 36.1 Å². The normalized spacial score (nSPS) is 11.0. The highest BCUT2D eigenvalue weighted by atomic mass is 16.5. The fourth-order valence-corrected chi connectivity index (χ4v) is 2.46. The van der Waals surface area contributed by atoms with Gasteiger partial charge in [-0.3, -0.25) is 0 Å². The smallest absolute Gasteiger partial charge is 0.254 e. The van der Waals surface area contributed by atoms with E-state index in [4.69, 9.17) is 9.15 Å². The lowest BCUT2D eigenvalue weighted by molar-refractivity contribution is 0.261. The van der Waals surface area contributed by atoms with Crippen molar-refractivity contribution in [1.82, 2.24) is 10.2 Å². The lowest BCUT2D eigenvalue weighted by Gasteiger charge is -2.12. The predicted octanol–water partition coefficient (Wildman–Crippen LogP) is 4.75. The van der Waals surface area contributed by atoms with Gasteiger partial charge < -0.3 is 9.15 Å². The van der Waals surface area contributed by atoms with Crippen molar-refractivity contribution in [3.8, 4) is 17.2 Å². The van der Waals surface area contributed by atoms with Crippen LogP contribution in [0.2, 0.25) is 0 Å². The Balaban J connectivity index is 1.75. The summed E-state index contributed by atoms with van der Waals surface area (Å²) in [5.74, 6) is 2.26. The largest absolute Gasteiger partial charge is 0.484 e. The maximum Gasteiger partial charge on any atom is 0.254 e. The van der Waals surface area contributed by atoms with Gasteiger partial charge in [0.25, 0.3) is 5.89 Å². The van der Waals surface area contributed by atoms with Crippen molar-refractivity contribution in [1.29, 1.82) is 0 Å². The van der Waals surface area contributed by atoms with Crippen LogP contribution in [-0.2, 0) is 6.61 Å². The molecule has 0 radical (unpaired) electrons. The van der Waals surface area contributed by atoms with E-state index in [1.54, 1.807) is 0 Å². The van der Waals surface area contributed by atoms with Gasteiger partial charge in [0.05, 0.1) is 0 Å². The summed E-state index contributed by atoms with van der Waals surface area (Å²) < 4.78 is 11.6. The number of nitrogens with zero attached hydrogens (tertiary/aromatic N) is 2. The molecule has 0 bridgehead atoms. The topological polar surface area (TPSA) is 48.2 Å². The molecule has 4 nitrogen and oxygen atoms in total. The lowest BCUT2D eigenvalue weighted by atomic mass is 10.0. The predicted molar refractivity (Wildman–Crippen MR) is 89.3 cm³/mol. The molecule has 0 N–H and O–H groups in total. The highest BCUT2D eigenvalue weighted by molar-refractivity contribution is 5.57. The van der Waals surface area contributed by atoms with E-state index in [1.165, 1.54) is 5.56 Å². The van der Waals surface area contributed by atoms with E-state index in [0.717, 1.165) is 16.9 Å². The van der Waals surface area contributed by atoms with Crippen LogP contribution in [0.5, 0.6) is 5.75 Å². The molecular formula is C19H20N2O2. The summed E-state index contributed by atoms with van der Waals surface area (Å²) in [5.41, 5.74) is 3.23. The van der Waals surface area contributed by atoms with E-state index in [9.17, 15) is 0 Å². The summed E-state index contributed by atoms with van der Waals surface area (Å²) in [6, 6.07) is 16.0. The number of rotatable bonds is 5. The van der Waals surface area contributed by atoms with Gasteiger partial charge in [-0.25, -0.2) is 0 Å². The first-order chi connectivity index (χ1) is 11.1. The summed E-state index contributed by atoms with van der Waals surface area (Å²) in [4.78, 5) is 0. The third-order valence-electron chi connectivity index (χ3n) is 3.73. The fraction of sp³-hybridized carbons (Fsp3) is 0.263. The average Bonchev–Trinajstić information content (AvgIpc) is 3.02. The first-order valence-corrected chi connectivity index (χ1v) is 7.75. The number of hydrogen-bond donors (Lipinski definition) is 0. The minimum Gasteiger partial charge on any atom is -0.484 e. The van der Waals surface area contributed by atoms with Gasteiger partial charge in [-0.15, -0.1) is 10.2 Å². The van der Waals surface area contributed by atoms with Gasteiger partial charge in [0.1, 0.15) is 5.75 Å². The summed E-state index contributed by atoms with van der Waals surface area (Å²) in [5, 5.41) is 8.20. The molecule has 118 valence electrons. The monoisotopic (exact) mass is 308 g/mol. The van der Waals surface area contributed by atoms with Crippen LogP contribution in [0, 0.1) is 6.92 Å². The molecule has 3 aromatic rings. The van der Waals surface area contributed by atoms with Crippen LogP contribution in [0.4, 0.5) is 0 Å². The molecule has 23 heavy (non-hydrogen) atoms. The summed E-state index contributed by atoms with van der Waals surface area (Å²) in [7, 11) is 0. The van der Waals surface area contributed by atoms with Crippen molar-refractivity contribution in [3.05, 3.63) is 65.5 Å². The minimum absolute atomic E-state index is 0.266. The van der Waals surface area contributed by atoms with Crippen LogP contribution in [0.1, 0.15) is 36.8 Å². The molecule has 0 unspecified atom stereocenters. The van der Waals surface area contributed by atoms with Crippen LogP contribution in [0.15, 0.2) is 52.9 Å². The van der Waals surface area contributed by atoms with Crippen molar-refractivity contribution in [2.45, 2.75) is 33.3 Å². The van der Waals surface area contributed by atoms with Crippen molar-refractivity contribution in [2.24, 2.45) is 0 Å². The Labute approximate surface area is 136 Å². The van der Waals surface area contributed by atoms with Gasteiger partial charge in [0.2, 0.25) is 5.89 Å².